The Hall–Kier alpha value is -1.27. The van der Waals surface area contributed by atoms with E-state index in [0.717, 1.165) is 10.4 Å². The van der Waals surface area contributed by atoms with Crippen LogP contribution in [0.15, 0.2) is 11.4 Å². The lowest BCUT2D eigenvalue weighted by molar-refractivity contribution is 0.0816. The topological polar surface area (TPSA) is 20.3 Å². The Labute approximate surface area is 82.2 Å². The summed E-state index contributed by atoms with van der Waals surface area (Å²) in [5, 5.41) is 1.91. The number of amides is 1. The molecule has 1 aromatic heterocycles. The molecule has 1 amide bonds. The lowest BCUT2D eigenvalue weighted by Crippen LogP contribution is -2.26. The van der Waals surface area contributed by atoms with E-state index in [1.165, 1.54) is 11.3 Å². The van der Waals surface area contributed by atoms with E-state index in [1.54, 1.807) is 11.9 Å². The minimum atomic E-state index is 0.00505. The highest BCUT2D eigenvalue weighted by Gasteiger charge is 2.13. The number of hydrogen-bond donors (Lipinski definition) is 0. The molecule has 0 radical (unpaired) electrons. The monoisotopic (exact) mass is 193 g/mol. The molecule has 13 heavy (non-hydrogen) atoms. The second-order valence-electron chi connectivity index (χ2n) is 2.80. The molecule has 0 N–H and O–H groups in total. The highest BCUT2D eigenvalue weighted by molar-refractivity contribution is 7.12. The van der Waals surface area contributed by atoms with Crippen molar-refractivity contribution in [3.8, 4) is 12.3 Å². The number of hydrogen-bond acceptors (Lipinski definition) is 2. The smallest absolute Gasteiger partial charge is 0.264 e. The third-order valence-electron chi connectivity index (χ3n) is 1.73. The predicted octanol–water partition coefficient (Wildman–Crippen LogP) is 1.76. The Bertz CT molecular complexity index is 348. The summed E-state index contributed by atoms with van der Waals surface area (Å²) < 4.78 is 0. The lowest BCUT2D eigenvalue weighted by atomic mass is 10.3. The zero-order chi connectivity index (χ0) is 9.84. The maximum absolute atomic E-state index is 11.7. The maximum Gasteiger partial charge on any atom is 0.264 e. The van der Waals surface area contributed by atoms with Crippen LogP contribution in [0.2, 0.25) is 0 Å². The Morgan fingerprint density at radius 2 is 2.46 bits per heavy atom. The van der Waals surface area contributed by atoms with Crippen LogP contribution >= 0.6 is 11.3 Å². The molecule has 0 atom stereocenters. The van der Waals surface area contributed by atoms with Gasteiger partial charge in [0.15, 0.2) is 0 Å². The molecule has 0 spiro atoms. The van der Waals surface area contributed by atoms with E-state index in [9.17, 15) is 4.79 Å². The fourth-order valence-corrected chi connectivity index (χ4v) is 1.89. The van der Waals surface area contributed by atoms with Crippen molar-refractivity contribution in [3.63, 3.8) is 0 Å². The van der Waals surface area contributed by atoms with Gasteiger partial charge in [-0.1, -0.05) is 5.92 Å². The summed E-state index contributed by atoms with van der Waals surface area (Å²) in [6, 6.07) is 1.93. The van der Waals surface area contributed by atoms with Crippen LogP contribution in [0.25, 0.3) is 0 Å². The summed E-state index contributed by atoms with van der Waals surface area (Å²) in [4.78, 5) is 14.0. The third-order valence-corrected chi connectivity index (χ3v) is 2.74. The second kappa shape index (κ2) is 4.11. The normalized spacial score (nSPS) is 9.31. The van der Waals surface area contributed by atoms with Crippen molar-refractivity contribution >= 4 is 17.2 Å². The maximum atomic E-state index is 11.7. The molecule has 2 nitrogen and oxygen atoms in total. The molecule has 0 aliphatic rings. The van der Waals surface area contributed by atoms with E-state index in [-0.39, 0.29) is 5.91 Å². The van der Waals surface area contributed by atoms with Gasteiger partial charge in [0.25, 0.3) is 5.91 Å². The van der Waals surface area contributed by atoms with E-state index < -0.39 is 0 Å². The van der Waals surface area contributed by atoms with Gasteiger partial charge in [-0.2, -0.15) is 0 Å². The van der Waals surface area contributed by atoms with Crippen molar-refractivity contribution in [1.29, 1.82) is 0 Å². The Kier molecular flexibility index (Phi) is 3.10. The van der Waals surface area contributed by atoms with Crippen molar-refractivity contribution in [2.75, 3.05) is 13.6 Å². The summed E-state index contributed by atoms with van der Waals surface area (Å²) in [7, 11) is 1.71. The van der Waals surface area contributed by atoms with Gasteiger partial charge in [0, 0.05) is 7.05 Å². The van der Waals surface area contributed by atoms with Gasteiger partial charge in [0.05, 0.1) is 11.4 Å². The molecule has 0 bridgehead atoms. The van der Waals surface area contributed by atoms with Crippen LogP contribution in [-0.2, 0) is 0 Å². The average Bonchev–Trinajstić information content (AvgIpc) is 2.50. The van der Waals surface area contributed by atoms with Crippen molar-refractivity contribution < 1.29 is 4.79 Å². The number of terminal acetylenes is 1. The fraction of sp³-hybridized carbons (Fsp3) is 0.300. The summed E-state index contributed by atoms with van der Waals surface area (Å²) >= 11 is 1.45. The number of carbonyl (C=O) groups excluding carboxylic acids is 1. The molecule has 0 aliphatic carbocycles. The van der Waals surface area contributed by atoms with Gasteiger partial charge in [-0.3, -0.25) is 4.79 Å². The van der Waals surface area contributed by atoms with Crippen LogP contribution in [0.3, 0.4) is 0 Å². The Morgan fingerprint density at radius 1 is 1.77 bits per heavy atom. The van der Waals surface area contributed by atoms with Crippen LogP contribution in [0.4, 0.5) is 0 Å². The van der Waals surface area contributed by atoms with Crippen molar-refractivity contribution in [2.45, 2.75) is 6.92 Å². The minimum Gasteiger partial charge on any atom is -0.330 e. The number of nitrogens with zero attached hydrogens (tertiary/aromatic N) is 1. The first kappa shape index (κ1) is 9.82. The van der Waals surface area contributed by atoms with Crippen LogP contribution in [0.1, 0.15) is 15.2 Å². The highest BCUT2D eigenvalue weighted by atomic mass is 32.1. The van der Waals surface area contributed by atoms with E-state index in [2.05, 4.69) is 5.92 Å². The molecule has 1 heterocycles. The molecule has 3 heteroatoms. The first-order chi connectivity index (χ1) is 6.16. The standard InChI is InChI=1S/C10H11NOS/c1-4-6-11(3)10(12)9-8(2)5-7-13-9/h1,5,7H,6H2,2-3H3. The second-order valence-corrected chi connectivity index (χ2v) is 3.71. The number of rotatable bonds is 2. The molecular formula is C10H11NOS. The van der Waals surface area contributed by atoms with Crippen molar-refractivity contribution in [2.24, 2.45) is 0 Å². The van der Waals surface area contributed by atoms with E-state index >= 15 is 0 Å². The van der Waals surface area contributed by atoms with Crippen LogP contribution in [-0.4, -0.2) is 24.4 Å². The molecule has 1 rings (SSSR count). The quantitative estimate of drug-likeness (QED) is 0.655. The van der Waals surface area contributed by atoms with Crippen molar-refractivity contribution in [3.05, 3.63) is 21.9 Å². The first-order valence-electron chi connectivity index (χ1n) is 3.90. The third kappa shape index (κ3) is 2.10. The summed E-state index contributed by atoms with van der Waals surface area (Å²) in [5.41, 5.74) is 1.01. The minimum absolute atomic E-state index is 0.00505. The van der Waals surface area contributed by atoms with E-state index in [0.29, 0.717) is 6.54 Å². The summed E-state index contributed by atoms with van der Waals surface area (Å²) in [6.45, 7) is 2.28. The van der Waals surface area contributed by atoms with Gasteiger partial charge in [-0.25, -0.2) is 0 Å². The SMILES string of the molecule is C#CCN(C)C(=O)c1sccc1C. The molecule has 0 aliphatic heterocycles. The average molecular weight is 193 g/mol. The molecule has 68 valence electrons. The van der Waals surface area contributed by atoms with Gasteiger partial charge >= 0.3 is 0 Å². The van der Waals surface area contributed by atoms with Crippen LogP contribution in [0, 0.1) is 19.3 Å². The number of thiophene rings is 1. The van der Waals surface area contributed by atoms with Gasteiger partial charge in [0.1, 0.15) is 0 Å². The zero-order valence-corrected chi connectivity index (χ0v) is 8.52. The Morgan fingerprint density at radius 3 is 2.92 bits per heavy atom. The van der Waals surface area contributed by atoms with E-state index in [1.807, 2.05) is 18.4 Å². The first-order valence-corrected chi connectivity index (χ1v) is 4.77. The highest BCUT2D eigenvalue weighted by Crippen LogP contribution is 2.16. The Balaban J connectivity index is 2.81. The van der Waals surface area contributed by atoms with Crippen LogP contribution in [0.5, 0.6) is 0 Å². The van der Waals surface area contributed by atoms with E-state index in [4.69, 9.17) is 6.42 Å². The van der Waals surface area contributed by atoms with Crippen LogP contribution < -0.4 is 0 Å². The number of carbonyl (C=O) groups is 1. The molecule has 0 aromatic carbocycles. The molecule has 0 saturated heterocycles. The molecule has 0 saturated carbocycles. The number of aryl methyl sites for hydroxylation is 1. The molecule has 0 fully saturated rings. The van der Waals surface area contributed by atoms with Gasteiger partial charge in [-0.05, 0) is 23.9 Å². The lowest BCUT2D eigenvalue weighted by Gasteiger charge is -2.12. The van der Waals surface area contributed by atoms with Crippen molar-refractivity contribution in [1.82, 2.24) is 4.90 Å². The molecule has 0 unspecified atom stereocenters. The summed E-state index contributed by atoms with van der Waals surface area (Å²) in [5.74, 6) is 2.44. The molecule has 1 aromatic rings. The van der Waals surface area contributed by atoms with Gasteiger partial charge in [0.2, 0.25) is 0 Å². The zero-order valence-electron chi connectivity index (χ0n) is 7.70. The fourth-order valence-electron chi connectivity index (χ4n) is 0.974. The van der Waals surface area contributed by atoms with Gasteiger partial charge < -0.3 is 4.90 Å². The summed E-state index contributed by atoms with van der Waals surface area (Å²) in [6.07, 6.45) is 5.12. The molecular weight excluding hydrogens is 182 g/mol. The largest absolute Gasteiger partial charge is 0.330 e. The van der Waals surface area contributed by atoms with Gasteiger partial charge in [-0.15, -0.1) is 17.8 Å². The predicted molar refractivity (Wildman–Crippen MR) is 54.8 cm³/mol.